The van der Waals surface area contributed by atoms with E-state index in [9.17, 15) is 30.3 Å². The molecule has 0 saturated carbocycles. The lowest BCUT2D eigenvalue weighted by atomic mass is 10.1. The monoisotopic (exact) mass is 462 g/mol. The first-order valence-electron chi connectivity index (χ1n) is 9.82. The first-order chi connectivity index (χ1) is 15.7. The van der Waals surface area contributed by atoms with Crippen molar-refractivity contribution in [2.45, 2.75) is 24.6 Å². The smallest absolute Gasteiger partial charge is 0.229 e. The SMILES string of the molecule is COc1cc(-c2cc(=O)c3c(O)cc(O)cc3o2)cc(OC)c1O[C@H]1OC[C@H](O)[C@H](O)[C@H]1O. The van der Waals surface area contributed by atoms with Crippen LogP contribution >= 0.6 is 0 Å². The zero-order valence-electron chi connectivity index (χ0n) is 17.6. The number of hydrogen-bond donors (Lipinski definition) is 5. The van der Waals surface area contributed by atoms with E-state index in [0.717, 1.165) is 6.07 Å². The van der Waals surface area contributed by atoms with Gasteiger partial charge < -0.3 is 48.9 Å². The number of aliphatic hydroxyl groups is 3. The molecule has 1 saturated heterocycles. The summed E-state index contributed by atoms with van der Waals surface area (Å²) in [4.78, 5) is 12.6. The van der Waals surface area contributed by atoms with Gasteiger partial charge in [0, 0.05) is 23.8 Å². The second-order valence-corrected chi connectivity index (χ2v) is 7.39. The number of aliphatic hydroxyl groups excluding tert-OH is 3. The average Bonchev–Trinajstić information content (AvgIpc) is 2.78. The van der Waals surface area contributed by atoms with Crippen LogP contribution in [0.2, 0.25) is 0 Å². The Bertz CT molecular complexity index is 1210. The Morgan fingerprint density at radius 1 is 0.939 bits per heavy atom. The van der Waals surface area contributed by atoms with Gasteiger partial charge in [0.1, 0.15) is 46.5 Å². The first-order valence-corrected chi connectivity index (χ1v) is 9.82. The van der Waals surface area contributed by atoms with Crippen LogP contribution in [0, 0.1) is 0 Å². The molecule has 33 heavy (non-hydrogen) atoms. The van der Waals surface area contributed by atoms with Crippen molar-refractivity contribution in [1.82, 2.24) is 0 Å². The van der Waals surface area contributed by atoms with E-state index in [1.54, 1.807) is 0 Å². The molecule has 3 aromatic rings. The summed E-state index contributed by atoms with van der Waals surface area (Å²) in [5.74, 6) is -0.312. The zero-order chi connectivity index (χ0) is 23.9. The van der Waals surface area contributed by atoms with Gasteiger partial charge in [0.05, 0.1) is 20.8 Å². The fourth-order valence-electron chi connectivity index (χ4n) is 3.53. The number of benzene rings is 2. The van der Waals surface area contributed by atoms with E-state index in [0.29, 0.717) is 5.56 Å². The summed E-state index contributed by atoms with van der Waals surface area (Å²) in [5, 5.41) is 49.3. The molecule has 11 heteroatoms. The van der Waals surface area contributed by atoms with Crippen LogP contribution in [-0.2, 0) is 4.74 Å². The fourth-order valence-corrected chi connectivity index (χ4v) is 3.53. The van der Waals surface area contributed by atoms with Crippen molar-refractivity contribution in [1.29, 1.82) is 0 Å². The summed E-state index contributed by atoms with van der Waals surface area (Å²) in [6.45, 7) is -0.256. The summed E-state index contributed by atoms with van der Waals surface area (Å²) >= 11 is 0. The van der Waals surface area contributed by atoms with Crippen molar-refractivity contribution in [3.63, 3.8) is 0 Å². The predicted octanol–water partition coefficient (Wildman–Crippen LogP) is 0.706. The Kier molecular flexibility index (Phi) is 6.04. The number of fused-ring (bicyclic) bond motifs is 1. The molecule has 0 radical (unpaired) electrons. The third-order valence-electron chi connectivity index (χ3n) is 5.23. The van der Waals surface area contributed by atoms with Crippen molar-refractivity contribution < 1.29 is 48.9 Å². The molecule has 1 aliphatic heterocycles. The molecule has 5 N–H and O–H groups in total. The Morgan fingerprint density at radius 3 is 2.24 bits per heavy atom. The van der Waals surface area contributed by atoms with Gasteiger partial charge in [-0.15, -0.1) is 0 Å². The number of hydrogen-bond acceptors (Lipinski definition) is 11. The van der Waals surface area contributed by atoms with E-state index in [1.165, 1.54) is 38.5 Å². The lowest BCUT2D eigenvalue weighted by Crippen LogP contribution is -2.54. The molecule has 2 aromatic carbocycles. The second-order valence-electron chi connectivity index (χ2n) is 7.39. The molecule has 0 bridgehead atoms. The number of phenols is 2. The quantitative estimate of drug-likeness (QED) is 0.362. The van der Waals surface area contributed by atoms with Crippen LogP contribution in [0.5, 0.6) is 28.7 Å². The lowest BCUT2D eigenvalue weighted by molar-refractivity contribution is -0.242. The maximum atomic E-state index is 12.6. The highest BCUT2D eigenvalue weighted by Crippen LogP contribution is 2.43. The lowest BCUT2D eigenvalue weighted by Gasteiger charge is -2.35. The molecule has 4 rings (SSSR count). The second kappa shape index (κ2) is 8.79. The highest BCUT2D eigenvalue weighted by molar-refractivity contribution is 5.86. The molecule has 1 aromatic heterocycles. The Morgan fingerprint density at radius 2 is 1.61 bits per heavy atom. The number of rotatable bonds is 5. The van der Waals surface area contributed by atoms with Crippen molar-refractivity contribution in [3.8, 4) is 40.1 Å². The minimum Gasteiger partial charge on any atom is -0.508 e. The molecule has 1 fully saturated rings. The normalized spacial score (nSPS) is 22.8. The van der Waals surface area contributed by atoms with Gasteiger partial charge in [0.15, 0.2) is 16.9 Å². The molecule has 4 atom stereocenters. The number of phenolic OH excluding ortho intramolecular Hbond substituents is 2. The molecule has 0 amide bonds. The highest BCUT2D eigenvalue weighted by atomic mass is 16.7. The molecule has 0 spiro atoms. The van der Waals surface area contributed by atoms with Crippen LogP contribution in [0.4, 0.5) is 0 Å². The largest absolute Gasteiger partial charge is 0.508 e. The third-order valence-corrected chi connectivity index (χ3v) is 5.23. The number of methoxy groups -OCH3 is 2. The fraction of sp³-hybridized carbons (Fsp3) is 0.318. The summed E-state index contributed by atoms with van der Waals surface area (Å²) in [6, 6.07) is 6.36. The molecule has 176 valence electrons. The van der Waals surface area contributed by atoms with Crippen molar-refractivity contribution in [2.75, 3.05) is 20.8 Å². The summed E-state index contributed by atoms with van der Waals surface area (Å²) in [5.41, 5.74) is -0.216. The van der Waals surface area contributed by atoms with Gasteiger partial charge in [-0.1, -0.05) is 0 Å². The maximum Gasteiger partial charge on any atom is 0.229 e. The van der Waals surface area contributed by atoms with Crippen molar-refractivity contribution >= 4 is 11.0 Å². The van der Waals surface area contributed by atoms with E-state index in [-0.39, 0.29) is 46.3 Å². The van der Waals surface area contributed by atoms with E-state index in [1.807, 2.05) is 0 Å². The molecular weight excluding hydrogens is 440 g/mol. The van der Waals surface area contributed by atoms with Gasteiger partial charge in [-0.25, -0.2) is 0 Å². The Hall–Kier alpha value is -3.51. The van der Waals surface area contributed by atoms with Gasteiger partial charge >= 0.3 is 0 Å². The first kappa shape index (κ1) is 22.7. The van der Waals surface area contributed by atoms with Crippen LogP contribution in [0.1, 0.15) is 0 Å². The average molecular weight is 462 g/mol. The molecule has 0 aliphatic carbocycles. The van der Waals surface area contributed by atoms with Gasteiger partial charge in [0.25, 0.3) is 0 Å². The van der Waals surface area contributed by atoms with E-state index < -0.39 is 35.8 Å². The predicted molar refractivity (Wildman–Crippen MR) is 113 cm³/mol. The summed E-state index contributed by atoms with van der Waals surface area (Å²) < 4.78 is 27.4. The summed E-state index contributed by atoms with van der Waals surface area (Å²) in [7, 11) is 2.71. The molecular formula is C22H22O11. The molecule has 1 aliphatic rings. The Balaban J connectivity index is 1.77. The van der Waals surface area contributed by atoms with Gasteiger partial charge in [-0.3, -0.25) is 4.79 Å². The van der Waals surface area contributed by atoms with E-state index in [2.05, 4.69) is 0 Å². The van der Waals surface area contributed by atoms with Crippen LogP contribution in [0.15, 0.2) is 39.5 Å². The van der Waals surface area contributed by atoms with Crippen molar-refractivity contribution in [3.05, 3.63) is 40.6 Å². The zero-order valence-corrected chi connectivity index (χ0v) is 17.6. The highest BCUT2D eigenvalue weighted by Gasteiger charge is 2.40. The van der Waals surface area contributed by atoms with Gasteiger partial charge in [-0.05, 0) is 12.1 Å². The van der Waals surface area contributed by atoms with Crippen LogP contribution in [-0.4, -0.2) is 71.0 Å². The molecule has 2 heterocycles. The van der Waals surface area contributed by atoms with Crippen LogP contribution < -0.4 is 19.6 Å². The number of ether oxygens (including phenoxy) is 4. The third kappa shape index (κ3) is 4.14. The summed E-state index contributed by atoms with van der Waals surface area (Å²) in [6.07, 6.45) is -5.59. The minimum atomic E-state index is -1.54. The van der Waals surface area contributed by atoms with E-state index >= 15 is 0 Å². The molecule has 0 unspecified atom stereocenters. The van der Waals surface area contributed by atoms with Crippen molar-refractivity contribution in [2.24, 2.45) is 0 Å². The molecule has 11 nitrogen and oxygen atoms in total. The van der Waals surface area contributed by atoms with Gasteiger partial charge in [0.2, 0.25) is 12.0 Å². The minimum absolute atomic E-state index is 0.0282. The maximum absolute atomic E-state index is 12.6. The van der Waals surface area contributed by atoms with Crippen LogP contribution in [0.25, 0.3) is 22.3 Å². The van der Waals surface area contributed by atoms with Crippen LogP contribution in [0.3, 0.4) is 0 Å². The number of aromatic hydroxyl groups is 2. The van der Waals surface area contributed by atoms with E-state index in [4.69, 9.17) is 23.4 Å². The standard InChI is InChI=1S/C22H22O11/c1-29-16-3-9(14-7-12(25)18-11(24)5-10(23)6-15(18)32-14)4-17(30-2)21(16)33-22-20(28)19(27)13(26)8-31-22/h3-7,13,19-20,22-24,26-28H,8H2,1-2H3/t13-,19-,20+,22+/m0/s1. The topological polar surface area (TPSA) is 168 Å². The van der Waals surface area contributed by atoms with Gasteiger partial charge in [-0.2, -0.15) is 0 Å². The Labute approximate surface area is 186 Å².